The van der Waals surface area contributed by atoms with Crippen LogP contribution in [0.4, 0.5) is 10.6 Å². The van der Waals surface area contributed by atoms with Crippen LogP contribution in [0.1, 0.15) is 13.2 Å². The topological polar surface area (TPSA) is 135 Å². The fraction of sp³-hybridized carbons (Fsp3) is 0.500. The highest BCUT2D eigenvalue weighted by atomic mass is 16.8. The molecule has 0 unspecified atom stereocenters. The molecule has 0 saturated carbocycles. The first-order valence-electron chi connectivity index (χ1n) is 6.63. The van der Waals surface area contributed by atoms with E-state index >= 15 is 0 Å². The number of hydrogen-bond donors (Lipinski definition) is 2. The number of ether oxygens (including phenoxy) is 3. The van der Waals surface area contributed by atoms with E-state index in [1.165, 1.54) is 12.7 Å². The predicted molar refractivity (Wildman–Crippen MR) is 70.5 cm³/mol. The molecule has 4 rings (SSSR count). The maximum atomic E-state index is 11.5. The number of rotatable bonds is 2. The summed E-state index contributed by atoms with van der Waals surface area (Å²) in [7, 11) is 0. The van der Waals surface area contributed by atoms with E-state index in [4.69, 9.17) is 19.9 Å². The van der Waals surface area contributed by atoms with Gasteiger partial charge < -0.3 is 25.1 Å². The Morgan fingerprint density at radius 1 is 1.45 bits per heavy atom. The van der Waals surface area contributed by atoms with Crippen molar-refractivity contribution in [3.05, 3.63) is 12.7 Å². The molecule has 10 heteroatoms. The fourth-order valence-corrected chi connectivity index (χ4v) is 3.01. The maximum absolute atomic E-state index is 11.5. The van der Waals surface area contributed by atoms with Gasteiger partial charge in [-0.3, -0.25) is 4.57 Å². The zero-order chi connectivity index (χ0) is 15.5. The first-order valence-corrected chi connectivity index (χ1v) is 6.63. The second kappa shape index (κ2) is 4.27. The van der Waals surface area contributed by atoms with Gasteiger partial charge in [-0.1, -0.05) is 0 Å². The summed E-state index contributed by atoms with van der Waals surface area (Å²) in [5, 5.41) is 9.44. The van der Waals surface area contributed by atoms with E-state index in [1.807, 2.05) is 0 Å². The zero-order valence-electron chi connectivity index (χ0n) is 11.5. The van der Waals surface area contributed by atoms with Gasteiger partial charge in [0.25, 0.3) is 0 Å². The molecule has 4 atom stereocenters. The molecule has 116 valence electrons. The molecule has 0 bridgehead atoms. The van der Waals surface area contributed by atoms with Gasteiger partial charge >= 0.3 is 6.16 Å². The number of anilines is 1. The molecule has 3 N–H and O–H groups in total. The molecule has 2 aromatic rings. The number of aliphatic hydroxyl groups is 1. The molecule has 2 fully saturated rings. The highest BCUT2D eigenvalue weighted by molar-refractivity contribution is 5.81. The van der Waals surface area contributed by atoms with Crippen molar-refractivity contribution in [1.29, 1.82) is 0 Å². The summed E-state index contributed by atoms with van der Waals surface area (Å²) < 4.78 is 17.8. The Balaban J connectivity index is 1.84. The van der Waals surface area contributed by atoms with Gasteiger partial charge in [-0.25, -0.2) is 19.7 Å². The third-order valence-corrected chi connectivity index (χ3v) is 4.04. The Morgan fingerprint density at radius 3 is 3.05 bits per heavy atom. The van der Waals surface area contributed by atoms with Gasteiger partial charge in [-0.2, -0.15) is 0 Å². The monoisotopic (exact) mass is 307 g/mol. The van der Waals surface area contributed by atoms with Crippen molar-refractivity contribution >= 4 is 23.1 Å². The van der Waals surface area contributed by atoms with E-state index in [2.05, 4.69) is 15.0 Å². The lowest BCUT2D eigenvalue weighted by molar-refractivity contribution is -0.0908. The first kappa shape index (κ1) is 13.2. The first-order chi connectivity index (χ1) is 10.5. The van der Waals surface area contributed by atoms with Gasteiger partial charge in [0.1, 0.15) is 17.9 Å². The molecule has 10 nitrogen and oxygen atoms in total. The minimum atomic E-state index is -1.10. The van der Waals surface area contributed by atoms with Crippen LogP contribution in [0, 0.1) is 0 Å². The highest BCUT2D eigenvalue weighted by Crippen LogP contribution is 2.47. The molecular formula is C12H13N5O5. The number of aromatic nitrogens is 4. The van der Waals surface area contributed by atoms with Crippen LogP contribution in [0.5, 0.6) is 0 Å². The average molecular weight is 307 g/mol. The van der Waals surface area contributed by atoms with Crippen LogP contribution in [-0.2, 0) is 14.2 Å². The Bertz CT molecular complexity index is 763. The number of carbonyl (C=O) groups is 1. The molecule has 0 spiro atoms. The van der Waals surface area contributed by atoms with E-state index < -0.39 is 30.2 Å². The molecule has 0 amide bonds. The number of imidazole rings is 1. The van der Waals surface area contributed by atoms with Crippen molar-refractivity contribution in [3.63, 3.8) is 0 Å². The number of aliphatic hydroxyl groups excluding tert-OH is 1. The quantitative estimate of drug-likeness (QED) is 0.710. The molecule has 4 heterocycles. The van der Waals surface area contributed by atoms with Crippen LogP contribution in [-0.4, -0.2) is 55.2 Å². The Labute approximate surface area is 123 Å². The normalized spacial score (nSPS) is 33.7. The van der Waals surface area contributed by atoms with Crippen LogP contribution >= 0.6 is 0 Å². The van der Waals surface area contributed by atoms with Crippen molar-refractivity contribution in [2.24, 2.45) is 0 Å². The number of fused-ring (bicyclic) bond motifs is 2. The van der Waals surface area contributed by atoms with Crippen LogP contribution in [0.25, 0.3) is 11.2 Å². The summed E-state index contributed by atoms with van der Waals surface area (Å²) in [6.07, 6.45) is -0.164. The van der Waals surface area contributed by atoms with Crippen molar-refractivity contribution < 1.29 is 24.1 Å². The van der Waals surface area contributed by atoms with Gasteiger partial charge in [-0.05, 0) is 6.92 Å². The third-order valence-electron chi connectivity index (χ3n) is 4.04. The molecule has 22 heavy (non-hydrogen) atoms. The summed E-state index contributed by atoms with van der Waals surface area (Å²) in [5.74, 6) is 0.238. The van der Waals surface area contributed by atoms with Crippen molar-refractivity contribution in [2.45, 2.75) is 31.0 Å². The SMILES string of the molecule is C[C@@]12OC(=O)O[C@@H]1[C@@H](CO)O[C@H]2n1cnc2c(N)ncnc21. The molecule has 0 aliphatic carbocycles. The van der Waals surface area contributed by atoms with Gasteiger partial charge in [0.2, 0.25) is 0 Å². The van der Waals surface area contributed by atoms with Crippen molar-refractivity contribution in [2.75, 3.05) is 12.3 Å². The predicted octanol–water partition coefficient (Wildman–Crippen LogP) is -0.408. The van der Waals surface area contributed by atoms with Gasteiger partial charge in [0.05, 0.1) is 12.9 Å². The second-order valence-corrected chi connectivity index (χ2v) is 5.37. The fourth-order valence-electron chi connectivity index (χ4n) is 3.01. The summed E-state index contributed by atoms with van der Waals surface area (Å²) in [6.45, 7) is 1.37. The van der Waals surface area contributed by atoms with Crippen LogP contribution < -0.4 is 5.73 Å². The summed E-state index contributed by atoms with van der Waals surface area (Å²) in [5.41, 5.74) is 5.53. The Kier molecular flexibility index (Phi) is 2.57. The van der Waals surface area contributed by atoms with E-state index in [-0.39, 0.29) is 12.4 Å². The van der Waals surface area contributed by atoms with Crippen molar-refractivity contribution in [3.8, 4) is 0 Å². The van der Waals surface area contributed by atoms with E-state index in [1.54, 1.807) is 11.5 Å². The van der Waals surface area contributed by atoms with Crippen LogP contribution in [0.15, 0.2) is 12.7 Å². The van der Waals surface area contributed by atoms with Gasteiger partial charge in [0, 0.05) is 0 Å². The van der Waals surface area contributed by atoms with Gasteiger partial charge in [0.15, 0.2) is 29.4 Å². The highest BCUT2D eigenvalue weighted by Gasteiger charge is 2.64. The molecular weight excluding hydrogens is 294 g/mol. The lowest BCUT2D eigenvalue weighted by Gasteiger charge is -2.26. The smallest absolute Gasteiger partial charge is 0.424 e. The molecule has 0 aromatic carbocycles. The lowest BCUT2D eigenvalue weighted by Crippen LogP contribution is -2.41. The Hall–Kier alpha value is -2.46. The Morgan fingerprint density at radius 2 is 2.27 bits per heavy atom. The second-order valence-electron chi connectivity index (χ2n) is 5.37. The minimum Gasteiger partial charge on any atom is -0.424 e. The molecule has 2 saturated heterocycles. The van der Waals surface area contributed by atoms with Crippen LogP contribution in [0.3, 0.4) is 0 Å². The largest absolute Gasteiger partial charge is 0.509 e. The molecule has 2 aromatic heterocycles. The van der Waals surface area contributed by atoms with E-state index in [9.17, 15) is 9.90 Å². The number of nitrogens with zero attached hydrogens (tertiary/aromatic N) is 4. The third kappa shape index (κ3) is 1.56. The molecule has 0 radical (unpaired) electrons. The maximum Gasteiger partial charge on any atom is 0.509 e. The summed E-state index contributed by atoms with van der Waals surface area (Å²) >= 11 is 0. The van der Waals surface area contributed by atoms with E-state index in [0.717, 1.165) is 0 Å². The number of carbonyl (C=O) groups excluding carboxylic acids is 1. The number of nitrogens with two attached hydrogens (primary N) is 1. The van der Waals surface area contributed by atoms with Gasteiger partial charge in [-0.15, -0.1) is 0 Å². The van der Waals surface area contributed by atoms with Crippen molar-refractivity contribution in [1.82, 2.24) is 19.5 Å². The summed E-state index contributed by atoms with van der Waals surface area (Å²) in [6, 6.07) is 0. The molecule has 2 aliphatic heterocycles. The van der Waals surface area contributed by atoms with E-state index in [0.29, 0.717) is 11.2 Å². The van der Waals surface area contributed by atoms with Crippen LogP contribution in [0.2, 0.25) is 0 Å². The minimum absolute atomic E-state index is 0.238. The summed E-state index contributed by atoms with van der Waals surface area (Å²) in [4.78, 5) is 23.7. The number of nitrogen functional groups attached to an aromatic ring is 1. The molecule has 2 aliphatic rings. The zero-order valence-corrected chi connectivity index (χ0v) is 11.5. The lowest BCUT2D eigenvalue weighted by atomic mass is 9.96. The standard InChI is InChI=1S/C12H13N5O5/c1-12-7(21-11(19)22-12)5(2-18)20-10(12)17-4-16-6-8(13)14-3-15-9(6)17/h3-5,7,10,18H,2H2,1H3,(H2,13,14,15)/t5-,7-,10-,12-/m1/s1. The number of hydrogen-bond acceptors (Lipinski definition) is 9. The average Bonchev–Trinajstić information content (AvgIpc) is 3.09.